The molecule has 9 nitrogen and oxygen atoms in total. The second-order valence-corrected chi connectivity index (χ2v) is 11.1. The van der Waals surface area contributed by atoms with E-state index >= 15 is 0 Å². The average molecular weight is 532 g/mol. The number of hydrogen-bond donors (Lipinski definition) is 6. The molecule has 3 aliphatic carbocycles. The molecule has 39 heavy (non-hydrogen) atoms. The summed E-state index contributed by atoms with van der Waals surface area (Å²) in [5.74, 6) is 6.84. The normalized spacial score (nSPS) is 23.3. The first-order valence-corrected chi connectivity index (χ1v) is 13.3. The molecule has 3 amide bonds. The standard InChI is InChI=1S/C30H37N5O4/c1-18-24-14-22(30(24,2)3)15-25(18)32-17-27(36)33-23-12-8-20(9-13-23)5-4-19-6-10-21(11-7-19)28(37)34-26(16-31)29(38)35-39/h6-13,18,22,24-26,32,39H,14-17,31H2,1-3H3,(H,33,36)(H,34,37)(H,35,38)/t18-,22?,24-,25-,26-/m0/s1. The van der Waals surface area contributed by atoms with Crippen molar-refractivity contribution in [1.29, 1.82) is 0 Å². The van der Waals surface area contributed by atoms with Crippen molar-refractivity contribution in [2.45, 2.75) is 45.7 Å². The Labute approximate surface area is 229 Å². The highest BCUT2D eigenvalue weighted by molar-refractivity contribution is 5.97. The van der Waals surface area contributed by atoms with E-state index in [2.05, 4.69) is 48.6 Å². The lowest BCUT2D eigenvalue weighted by molar-refractivity contribution is -0.130. The molecule has 3 fully saturated rings. The van der Waals surface area contributed by atoms with Crippen LogP contribution in [-0.2, 0) is 9.59 Å². The summed E-state index contributed by atoms with van der Waals surface area (Å²) >= 11 is 0. The smallest absolute Gasteiger partial charge is 0.267 e. The van der Waals surface area contributed by atoms with E-state index in [9.17, 15) is 14.4 Å². The minimum Gasteiger partial charge on any atom is -0.339 e. The molecule has 2 bridgehead atoms. The van der Waals surface area contributed by atoms with Crippen LogP contribution in [-0.4, -0.2) is 48.1 Å². The fraction of sp³-hybridized carbons (Fsp3) is 0.433. The van der Waals surface area contributed by atoms with Crippen LogP contribution in [0.3, 0.4) is 0 Å². The predicted octanol–water partition coefficient (Wildman–Crippen LogP) is 2.25. The third kappa shape index (κ3) is 6.48. The number of carbonyl (C=O) groups excluding carboxylic acids is 3. The van der Waals surface area contributed by atoms with Crippen LogP contribution in [0, 0.1) is 35.0 Å². The molecule has 3 saturated carbocycles. The Morgan fingerprint density at radius 3 is 2.18 bits per heavy atom. The van der Waals surface area contributed by atoms with Gasteiger partial charge in [-0.2, -0.15) is 0 Å². The highest BCUT2D eigenvalue weighted by Crippen LogP contribution is 2.61. The maximum Gasteiger partial charge on any atom is 0.267 e. The third-order valence-electron chi connectivity index (χ3n) is 8.51. The van der Waals surface area contributed by atoms with Gasteiger partial charge in [-0.25, -0.2) is 5.48 Å². The summed E-state index contributed by atoms with van der Waals surface area (Å²) < 4.78 is 0. The van der Waals surface area contributed by atoms with E-state index < -0.39 is 17.9 Å². The van der Waals surface area contributed by atoms with Crippen LogP contribution in [0.5, 0.6) is 0 Å². The third-order valence-corrected chi connectivity index (χ3v) is 8.51. The van der Waals surface area contributed by atoms with Gasteiger partial charge in [0.05, 0.1) is 6.54 Å². The van der Waals surface area contributed by atoms with Gasteiger partial charge in [-0.3, -0.25) is 19.6 Å². The van der Waals surface area contributed by atoms with Gasteiger partial charge in [0.25, 0.3) is 11.8 Å². The monoisotopic (exact) mass is 531 g/mol. The van der Waals surface area contributed by atoms with Crippen LogP contribution in [0.1, 0.15) is 55.1 Å². The molecular weight excluding hydrogens is 494 g/mol. The summed E-state index contributed by atoms with van der Waals surface area (Å²) in [6, 6.07) is 13.3. The second kappa shape index (κ2) is 12.0. The molecule has 0 spiro atoms. The molecule has 0 saturated heterocycles. The van der Waals surface area contributed by atoms with Gasteiger partial charge in [0.1, 0.15) is 6.04 Å². The maximum atomic E-state index is 12.5. The van der Waals surface area contributed by atoms with Gasteiger partial charge in [-0.05, 0) is 84.5 Å². The SMILES string of the molecule is C[C@@H]1[C@@H](NCC(=O)Nc2ccc(C#Cc3ccc(C(=O)N[C@@H](CN)C(=O)NO)cc3)cc2)CC2C[C@@H]1C2(C)C. The lowest BCUT2D eigenvalue weighted by Crippen LogP contribution is -2.60. The quantitative estimate of drug-likeness (QED) is 0.175. The van der Waals surface area contributed by atoms with Gasteiger partial charge in [0, 0.05) is 35.0 Å². The summed E-state index contributed by atoms with van der Waals surface area (Å²) in [5, 5.41) is 17.6. The van der Waals surface area contributed by atoms with E-state index in [0.717, 1.165) is 23.8 Å². The number of nitrogens with one attached hydrogen (secondary N) is 4. The molecular formula is C30H37N5O4. The van der Waals surface area contributed by atoms with Crippen molar-refractivity contribution in [2.75, 3.05) is 18.4 Å². The summed E-state index contributed by atoms with van der Waals surface area (Å²) in [6.07, 6.45) is 2.46. The van der Waals surface area contributed by atoms with E-state index in [0.29, 0.717) is 40.7 Å². The number of hydrogen-bond acceptors (Lipinski definition) is 6. The first-order valence-electron chi connectivity index (χ1n) is 13.3. The summed E-state index contributed by atoms with van der Waals surface area (Å²) in [6.45, 7) is 7.20. The molecule has 5 atom stereocenters. The number of benzene rings is 2. The van der Waals surface area contributed by atoms with Crippen LogP contribution in [0.2, 0.25) is 0 Å². The van der Waals surface area contributed by atoms with Crippen molar-refractivity contribution >= 4 is 23.4 Å². The van der Waals surface area contributed by atoms with E-state index in [4.69, 9.17) is 10.9 Å². The van der Waals surface area contributed by atoms with E-state index in [1.807, 2.05) is 24.3 Å². The minimum atomic E-state index is -1.04. The van der Waals surface area contributed by atoms with E-state index in [-0.39, 0.29) is 12.5 Å². The van der Waals surface area contributed by atoms with Crippen molar-refractivity contribution < 1.29 is 19.6 Å². The molecule has 1 unspecified atom stereocenters. The van der Waals surface area contributed by atoms with Gasteiger partial charge < -0.3 is 21.7 Å². The minimum absolute atomic E-state index is 0.0570. The average Bonchev–Trinajstić information content (AvgIpc) is 2.94. The molecule has 9 heteroatoms. The predicted molar refractivity (Wildman–Crippen MR) is 149 cm³/mol. The zero-order valence-electron chi connectivity index (χ0n) is 22.6. The van der Waals surface area contributed by atoms with Gasteiger partial charge in [0.2, 0.25) is 5.91 Å². The van der Waals surface area contributed by atoms with Crippen molar-refractivity contribution in [1.82, 2.24) is 16.1 Å². The highest BCUT2D eigenvalue weighted by atomic mass is 16.5. The van der Waals surface area contributed by atoms with Gasteiger partial charge in [0.15, 0.2) is 0 Å². The lowest BCUT2D eigenvalue weighted by atomic mass is 9.45. The Bertz CT molecular complexity index is 1260. The number of nitrogens with two attached hydrogens (primary N) is 1. The first kappa shape index (κ1) is 28.3. The van der Waals surface area contributed by atoms with Crippen LogP contribution in [0.25, 0.3) is 0 Å². The Balaban J connectivity index is 1.25. The van der Waals surface area contributed by atoms with Crippen LogP contribution in [0.4, 0.5) is 5.69 Å². The number of hydroxylamine groups is 1. The fourth-order valence-corrected chi connectivity index (χ4v) is 5.89. The Hall–Kier alpha value is -3.71. The topological polar surface area (TPSA) is 146 Å². The lowest BCUT2D eigenvalue weighted by Gasteiger charge is -2.62. The number of anilines is 1. The Morgan fingerprint density at radius 2 is 1.64 bits per heavy atom. The van der Waals surface area contributed by atoms with Crippen LogP contribution < -0.4 is 27.2 Å². The van der Waals surface area contributed by atoms with Gasteiger partial charge >= 0.3 is 0 Å². The maximum absolute atomic E-state index is 12.5. The second-order valence-electron chi connectivity index (χ2n) is 11.1. The van der Waals surface area contributed by atoms with E-state index in [1.54, 1.807) is 24.3 Å². The fourth-order valence-electron chi connectivity index (χ4n) is 5.89. The highest BCUT2D eigenvalue weighted by Gasteiger charge is 2.56. The van der Waals surface area contributed by atoms with Crippen LogP contribution in [0.15, 0.2) is 48.5 Å². The summed E-state index contributed by atoms with van der Waals surface area (Å²) in [7, 11) is 0. The molecule has 0 aliphatic heterocycles. The zero-order chi connectivity index (χ0) is 28.2. The molecule has 3 aliphatic rings. The first-order chi connectivity index (χ1) is 18.6. The molecule has 5 rings (SSSR count). The molecule has 2 aromatic rings. The molecule has 0 heterocycles. The number of amides is 3. The largest absolute Gasteiger partial charge is 0.339 e. The van der Waals surface area contributed by atoms with Gasteiger partial charge in [-0.15, -0.1) is 0 Å². The molecule has 0 aromatic heterocycles. The molecule has 7 N–H and O–H groups in total. The molecule has 0 radical (unpaired) electrons. The summed E-state index contributed by atoms with van der Waals surface area (Å²) in [4.78, 5) is 36.3. The number of rotatable bonds is 8. The van der Waals surface area contributed by atoms with Crippen molar-refractivity contribution in [3.8, 4) is 11.8 Å². The van der Waals surface area contributed by atoms with Crippen molar-refractivity contribution in [3.63, 3.8) is 0 Å². The molecule has 206 valence electrons. The Morgan fingerprint density at radius 1 is 1.03 bits per heavy atom. The number of carbonyl (C=O) groups is 3. The van der Waals surface area contributed by atoms with Crippen molar-refractivity contribution in [2.24, 2.45) is 28.9 Å². The summed E-state index contributed by atoms with van der Waals surface area (Å²) in [5.41, 5.74) is 9.90. The van der Waals surface area contributed by atoms with Gasteiger partial charge in [-0.1, -0.05) is 32.6 Å². The van der Waals surface area contributed by atoms with E-state index in [1.165, 1.54) is 11.9 Å². The Kier molecular flexibility index (Phi) is 8.70. The zero-order valence-corrected chi connectivity index (χ0v) is 22.6. The van der Waals surface area contributed by atoms with Crippen molar-refractivity contribution in [3.05, 3.63) is 65.2 Å². The number of fused-ring (bicyclic) bond motifs is 2. The van der Waals surface area contributed by atoms with Crippen LogP contribution >= 0.6 is 0 Å². The molecule has 2 aromatic carbocycles.